The molecule has 0 fully saturated rings. The molecule has 2 rings (SSSR count). The molecule has 0 spiro atoms. The second-order valence-corrected chi connectivity index (χ2v) is 5.34. The van der Waals surface area contributed by atoms with Crippen LogP contribution in [0.3, 0.4) is 0 Å². The monoisotopic (exact) mass is 453 g/mol. The number of para-hydroxylation sites is 1. The second kappa shape index (κ2) is 11.5. The minimum Gasteiger partial charge on any atom is -0.457 e. The Labute approximate surface area is 166 Å². The van der Waals surface area contributed by atoms with Gasteiger partial charge in [-0.15, -0.1) is 24.0 Å². The third kappa shape index (κ3) is 8.55. The van der Waals surface area contributed by atoms with Crippen LogP contribution in [-0.2, 0) is 4.74 Å². The first-order valence-electron chi connectivity index (χ1n) is 7.75. The number of ether oxygens (including phenoxy) is 2. The van der Waals surface area contributed by atoms with Gasteiger partial charge >= 0.3 is 0 Å². The van der Waals surface area contributed by atoms with Crippen molar-refractivity contribution in [2.75, 3.05) is 25.1 Å². The fraction of sp³-hybridized carbons (Fsp3) is 0.211. The van der Waals surface area contributed by atoms with Gasteiger partial charge in [-0.2, -0.15) is 0 Å². The van der Waals surface area contributed by atoms with Gasteiger partial charge in [0.1, 0.15) is 11.5 Å². The molecular weight excluding hydrogens is 429 g/mol. The van der Waals surface area contributed by atoms with E-state index in [9.17, 15) is 0 Å². The van der Waals surface area contributed by atoms with Crippen LogP contribution in [0, 0.1) is 0 Å². The fourth-order valence-electron chi connectivity index (χ4n) is 1.93. The molecule has 0 aliphatic carbocycles. The van der Waals surface area contributed by atoms with Gasteiger partial charge < -0.3 is 20.5 Å². The molecule has 0 aromatic heterocycles. The number of aliphatic imine (C=N–C) groups is 1. The minimum absolute atomic E-state index is 0. The first kappa shape index (κ1) is 21.0. The SMILES string of the molecule is C=C(C)COCCN=C(N)Nc1cccc(Oc2ccccc2)c1.I. The summed E-state index contributed by atoms with van der Waals surface area (Å²) in [7, 11) is 0. The molecule has 0 heterocycles. The molecule has 0 bridgehead atoms. The molecule has 0 unspecified atom stereocenters. The Balaban J connectivity index is 0.00000312. The van der Waals surface area contributed by atoms with Gasteiger partial charge in [0, 0.05) is 11.8 Å². The van der Waals surface area contributed by atoms with E-state index in [0.29, 0.717) is 25.7 Å². The molecule has 2 aromatic carbocycles. The molecule has 0 saturated carbocycles. The summed E-state index contributed by atoms with van der Waals surface area (Å²) in [5.74, 6) is 1.85. The van der Waals surface area contributed by atoms with Crippen molar-refractivity contribution in [2.45, 2.75) is 6.92 Å². The molecule has 0 radical (unpaired) electrons. The molecule has 2 aromatic rings. The lowest BCUT2D eigenvalue weighted by atomic mass is 10.3. The predicted octanol–water partition coefficient (Wildman–Crippen LogP) is 4.42. The van der Waals surface area contributed by atoms with Crippen molar-refractivity contribution in [3.63, 3.8) is 0 Å². The summed E-state index contributed by atoms with van der Waals surface area (Å²) in [6.07, 6.45) is 0. The van der Waals surface area contributed by atoms with E-state index in [-0.39, 0.29) is 24.0 Å². The predicted molar refractivity (Wildman–Crippen MR) is 114 cm³/mol. The Bertz CT molecular complexity index is 690. The molecule has 25 heavy (non-hydrogen) atoms. The van der Waals surface area contributed by atoms with Crippen LogP contribution in [0.5, 0.6) is 11.5 Å². The average molecular weight is 453 g/mol. The van der Waals surface area contributed by atoms with Crippen molar-refractivity contribution in [2.24, 2.45) is 10.7 Å². The first-order valence-corrected chi connectivity index (χ1v) is 7.75. The second-order valence-electron chi connectivity index (χ2n) is 5.34. The van der Waals surface area contributed by atoms with Gasteiger partial charge in [-0.3, -0.25) is 4.99 Å². The lowest BCUT2D eigenvalue weighted by molar-refractivity contribution is 0.165. The maximum atomic E-state index is 5.88. The highest BCUT2D eigenvalue weighted by molar-refractivity contribution is 14.0. The summed E-state index contributed by atoms with van der Waals surface area (Å²) < 4.78 is 11.2. The summed E-state index contributed by atoms with van der Waals surface area (Å²) >= 11 is 0. The Hall–Kier alpha value is -2.06. The molecule has 0 amide bonds. The van der Waals surface area contributed by atoms with E-state index >= 15 is 0 Å². The molecule has 0 aliphatic heterocycles. The van der Waals surface area contributed by atoms with Crippen LogP contribution in [0.1, 0.15) is 6.92 Å². The highest BCUT2D eigenvalue weighted by Gasteiger charge is 2.00. The molecular formula is C19H24IN3O2. The number of benzene rings is 2. The van der Waals surface area contributed by atoms with Gasteiger partial charge in [0.25, 0.3) is 0 Å². The summed E-state index contributed by atoms with van der Waals surface area (Å²) in [5, 5.41) is 3.04. The van der Waals surface area contributed by atoms with E-state index in [1.54, 1.807) is 0 Å². The van der Waals surface area contributed by atoms with Gasteiger partial charge in [-0.1, -0.05) is 36.4 Å². The molecule has 0 aliphatic rings. The number of rotatable bonds is 8. The molecule has 0 saturated heterocycles. The third-order valence-corrected chi connectivity index (χ3v) is 2.95. The van der Waals surface area contributed by atoms with Crippen LogP contribution in [0.25, 0.3) is 0 Å². The summed E-state index contributed by atoms with van der Waals surface area (Å²) in [6, 6.07) is 17.2. The average Bonchev–Trinajstić information content (AvgIpc) is 2.55. The van der Waals surface area contributed by atoms with Crippen molar-refractivity contribution in [1.82, 2.24) is 0 Å². The number of hydrogen-bond acceptors (Lipinski definition) is 3. The number of halogens is 1. The van der Waals surface area contributed by atoms with Gasteiger partial charge in [-0.25, -0.2) is 0 Å². The maximum absolute atomic E-state index is 5.88. The molecule has 5 nitrogen and oxygen atoms in total. The van der Waals surface area contributed by atoms with Gasteiger partial charge in [0.2, 0.25) is 0 Å². The van der Waals surface area contributed by atoms with Crippen LogP contribution in [0.2, 0.25) is 0 Å². The van der Waals surface area contributed by atoms with Crippen LogP contribution < -0.4 is 15.8 Å². The van der Waals surface area contributed by atoms with E-state index in [0.717, 1.165) is 22.8 Å². The summed E-state index contributed by atoms with van der Waals surface area (Å²) in [4.78, 5) is 4.22. The fourth-order valence-corrected chi connectivity index (χ4v) is 1.93. The number of nitrogens with two attached hydrogens (primary N) is 1. The van der Waals surface area contributed by atoms with Crippen LogP contribution in [0.4, 0.5) is 5.69 Å². The smallest absolute Gasteiger partial charge is 0.193 e. The lowest BCUT2D eigenvalue weighted by Crippen LogP contribution is -2.23. The number of nitrogens with one attached hydrogen (secondary N) is 1. The first-order chi connectivity index (χ1) is 11.6. The van der Waals surface area contributed by atoms with E-state index in [4.69, 9.17) is 15.2 Å². The number of anilines is 1. The van der Waals surface area contributed by atoms with Crippen LogP contribution in [0.15, 0.2) is 71.7 Å². The zero-order valence-electron chi connectivity index (χ0n) is 14.3. The van der Waals surface area contributed by atoms with Gasteiger partial charge in [0.05, 0.1) is 19.8 Å². The number of nitrogens with zero attached hydrogens (tertiary/aromatic N) is 1. The highest BCUT2D eigenvalue weighted by atomic mass is 127. The van der Waals surface area contributed by atoms with E-state index in [1.807, 2.05) is 61.5 Å². The van der Waals surface area contributed by atoms with E-state index in [1.165, 1.54) is 0 Å². The van der Waals surface area contributed by atoms with Crippen molar-refractivity contribution in [1.29, 1.82) is 0 Å². The van der Waals surface area contributed by atoms with Crippen molar-refractivity contribution in [3.8, 4) is 11.5 Å². The highest BCUT2D eigenvalue weighted by Crippen LogP contribution is 2.23. The van der Waals surface area contributed by atoms with Crippen LogP contribution in [-0.4, -0.2) is 25.7 Å². The lowest BCUT2D eigenvalue weighted by Gasteiger charge is -2.09. The number of hydrogen-bond donors (Lipinski definition) is 2. The maximum Gasteiger partial charge on any atom is 0.193 e. The minimum atomic E-state index is 0. The standard InChI is InChI=1S/C19H23N3O2.HI/c1-15(2)14-23-12-11-21-19(20)22-16-7-6-10-18(13-16)24-17-8-4-3-5-9-17;/h3-10,13H,1,11-12,14H2,2H3,(H3,20,21,22);1H. The molecule has 0 atom stereocenters. The van der Waals surface area contributed by atoms with E-state index < -0.39 is 0 Å². The Morgan fingerprint density at radius 2 is 1.84 bits per heavy atom. The third-order valence-electron chi connectivity index (χ3n) is 2.95. The Morgan fingerprint density at radius 3 is 2.56 bits per heavy atom. The molecule has 3 N–H and O–H groups in total. The topological polar surface area (TPSA) is 68.9 Å². The normalized spacial score (nSPS) is 10.7. The number of guanidine groups is 1. The van der Waals surface area contributed by atoms with Crippen molar-refractivity contribution in [3.05, 3.63) is 66.7 Å². The summed E-state index contributed by atoms with van der Waals surface area (Å²) in [6.45, 7) is 7.23. The zero-order chi connectivity index (χ0) is 17.2. The molecule has 6 heteroatoms. The summed E-state index contributed by atoms with van der Waals surface area (Å²) in [5.41, 5.74) is 7.67. The van der Waals surface area contributed by atoms with E-state index in [2.05, 4.69) is 16.9 Å². The largest absolute Gasteiger partial charge is 0.457 e. The van der Waals surface area contributed by atoms with Crippen molar-refractivity contribution >= 4 is 35.6 Å². The Morgan fingerprint density at radius 1 is 1.12 bits per heavy atom. The van der Waals surface area contributed by atoms with Gasteiger partial charge in [0.15, 0.2) is 5.96 Å². The molecule has 134 valence electrons. The Kier molecular flexibility index (Phi) is 9.64. The van der Waals surface area contributed by atoms with Crippen LogP contribution >= 0.6 is 24.0 Å². The van der Waals surface area contributed by atoms with Crippen molar-refractivity contribution < 1.29 is 9.47 Å². The van der Waals surface area contributed by atoms with Gasteiger partial charge in [-0.05, 0) is 31.2 Å². The quantitative estimate of drug-likeness (QED) is 0.204. The zero-order valence-corrected chi connectivity index (χ0v) is 16.6.